The molecule has 0 rings (SSSR count). The van der Waals surface area contributed by atoms with Crippen molar-refractivity contribution < 1.29 is 19.4 Å². The lowest BCUT2D eigenvalue weighted by atomic mass is 10.2. The second-order valence-electron chi connectivity index (χ2n) is 4.61. The molecule has 0 aliphatic carbocycles. The minimum absolute atomic E-state index is 0.0836. The first kappa shape index (κ1) is 15.2. The van der Waals surface area contributed by atoms with Crippen molar-refractivity contribution in [1.29, 1.82) is 0 Å². The molecule has 0 saturated heterocycles. The topological polar surface area (TPSA) is 67.8 Å². The Hall–Kier alpha value is -0.810. The van der Waals surface area contributed by atoms with Crippen molar-refractivity contribution in [2.24, 2.45) is 0 Å². The first-order valence-corrected chi connectivity index (χ1v) is 5.49. The molecule has 1 amide bonds. The standard InChI is InChI=1S/C11H23NO4/c1-11(2,3)16-10(14)12-8-9(15-4)6-5-7-13/h9,13H,5-8H2,1-4H3,(H,12,14). The zero-order chi connectivity index (χ0) is 12.6. The van der Waals surface area contributed by atoms with Crippen molar-refractivity contribution in [3.05, 3.63) is 0 Å². The summed E-state index contributed by atoms with van der Waals surface area (Å²) in [5, 5.41) is 11.3. The minimum atomic E-state index is -0.488. The van der Waals surface area contributed by atoms with Crippen LogP contribution < -0.4 is 5.32 Å². The van der Waals surface area contributed by atoms with E-state index >= 15 is 0 Å². The summed E-state index contributed by atoms with van der Waals surface area (Å²) in [6.07, 6.45) is 0.843. The van der Waals surface area contributed by atoms with Gasteiger partial charge in [-0.15, -0.1) is 0 Å². The molecule has 0 aliphatic heterocycles. The first-order chi connectivity index (χ1) is 7.39. The molecule has 1 atom stereocenters. The second kappa shape index (κ2) is 7.46. The molecule has 96 valence electrons. The molecule has 0 aliphatic rings. The van der Waals surface area contributed by atoms with Crippen LogP contribution in [0.15, 0.2) is 0 Å². The van der Waals surface area contributed by atoms with E-state index < -0.39 is 11.7 Å². The number of ether oxygens (including phenoxy) is 2. The summed E-state index contributed by atoms with van der Waals surface area (Å²) in [6, 6.07) is 0. The molecule has 16 heavy (non-hydrogen) atoms. The van der Waals surface area contributed by atoms with Crippen molar-refractivity contribution in [3.8, 4) is 0 Å². The number of aliphatic hydroxyl groups excluding tert-OH is 1. The van der Waals surface area contributed by atoms with Crippen molar-refractivity contribution in [1.82, 2.24) is 5.32 Å². The van der Waals surface area contributed by atoms with Crippen LogP contribution in [0.5, 0.6) is 0 Å². The number of hydrogen-bond donors (Lipinski definition) is 2. The zero-order valence-electron chi connectivity index (χ0n) is 10.6. The average Bonchev–Trinajstić information content (AvgIpc) is 2.15. The molecule has 0 fully saturated rings. The fourth-order valence-corrected chi connectivity index (χ4v) is 1.13. The third kappa shape index (κ3) is 8.49. The maximum atomic E-state index is 11.3. The van der Waals surface area contributed by atoms with Gasteiger partial charge in [0.2, 0.25) is 0 Å². The van der Waals surface area contributed by atoms with Crippen molar-refractivity contribution >= 4 is 6.09 Å². The van der Waals surface area contributed by atoms with E-state index in [9.17, 15) is 4.79 Å². The molecule has 0 bridgehead atoms. The van der Waals surface area contributed by atoms with Crippen molar-refractivity contribution in [2.45, 2.75) is 45.3 Å². The fraction of sp³-hybridized carbons (Fsp3) is 0.909. The molecule has 0 aromatic carbocycles. The Balaban J connectivity index is 3.79. The van der Waals surface area contributed by atoms with E-state index in [2.05, 4.69) is 5.32 Å². The van der Waals surface area contributed by atoms with E-state index in [4.69, 9.17) is 14.6 Å². The predicted molar refractivity (Wildman–Crippen MR) is 61.4 cm³/mol. The van der Waals surface area contributed by atoms with Gasteiger partial charge in [0.15, 0.2) is 0 Å². The number of nitrogens with one attached hydrogen (secondary N) is 1. The van der Waals surface area contributed by atoms with Gasteiger partial charge in [0.25, 0.3) is 0 Å². The Kier molecular flexibility index (Phi) is 7.08. The number of carbonyl (C=O) groups excluding carboxylic acids is 1. The highest BCUT2D eigenvalue weighted by molar-refractivity contribution is 5.67. The summed E-state index contributed by atoms with van der Waals surface area (Å²) in [6.45, 7) is 5.96. The summed E-state index contributed by atoms with van der Waals surface area (Å²) in [7, 11) is 1.58. The smallest absolute Gasteiger partial charge is 0.407 e. The highest BCUT2D eigenvalue weighted by Gasteiger charge is 2.17. The number of rotatable bonds is 6. The van der Waals surface area contributed by atoms with Gasteiger partial charge in [0.1, 0.15) is 5.60 Å². The van der Waals surface area contributed by atoms with Crippen LogP contribution in [0, 0.1) is 0 Å². The maximum Gasteiger partial charge on any atom is 0.407 e. The Morgan fingerprint density at radius 1 is 1.44 bits per heavy atom. The first-order valence-electron chi connectivity index (χ1n) is 5.49. The molecule has 0 saturated carbocycles. The summed E-state index contributed by atoms with van der Waals surface area (Å²) < 4.78 is 10.2. The molecule has 0 spiro atoms. The number of hydrogen-bond acceptors (Lipinski definition) is 4. The van der Waals surface area contributed by atoms with Gasteiger partial charge < -0.3 is 19.9 Å². The van der Waals surface area contributed by atoms with Crippen LogP contribution >= 0.6 is 0 Å². The van der Waals surface area contributed by atoms with Gasteiger partial charge >= 0.3 is 6.09 Å². The third-order valence-corrected chi connectivity index (χ3v) is 1.89. The molecule has 2 N–H and O–H groups in total. The number of amides is 1. The van der Waals surface area contributed by atoms with Crippen LogP contribution in [0.1, 0.15) is 33.6 Å². The molecule has 5 nitrogen and oxygen atoms in total. The number of carbonyl (C=O) groups is 1. The SMILES string of the molecule is COC(CCCO)CNC(=O)OC(C)(C)C. The van der Waals surface area contributed by atoms with E-state index in [1.165, 1.54) is 0 Å². The molecule has 0 aromatic rings. The lowest BCUT2D eigenvalue weighted by Gasteiger charge is -2.21. The van der Waals surface area contributed by atoms with E-state index in [1.807, 2.05) is 20.8 Å². The number of methoxy groups -OCH3 is 1. The van der Waals surface area contributed by atoms with Crippen LogP contribution in [0.2, 0.25) is 0 Å². The highest BCUT2D eigenvalue weighted by atomic mass is 16.6. The van der Waals surface area contributed by atoms with Crippen LogP contribution in [0.4, 0.5) is 4.79 Å². The van der Waals surface area contributed by atoms with Gasteiger partial charge in [0.05, 0.1) is 6.10 Å². The molecule has 0 radical (unpaired) electrons. The summed E-state index contributed by atoms with van der Waals surface area (Å²) in [5.74, 6) is 0. The molecule has 0 heterocycles. The van der Waals surface area contributed by atoms with E-state index in [1.54, 1.807) is 7.11 Å². The Morgan fingerprint density at radius 3 is 2.50 bits per heavy atom. The van der Waals surface area contributed by atoms with Crippen LogP contribution in [-0.2, 0) is 9.47 Å². The Bertz CT molecular complexity index is 201. The van der Waals surface area contributed by atoms with E-state index in [-0.39, 0.29) is 12.7 Å². The minimum Gasteiger partial charge on any atom is -0.444 e. The van der Waals surface area contributed by atoms with Crippen LogP contribution in [-0.4, -0.2) is 43.2 Å². The number of aliphatic hydroxyl groups is 1. The average molecular weight is 233 g/mol. The highest BCUT2D eigenvalue weighted by Crippen LogP contribution is 2.06. The second-order valence-corrected chi connectivity index (χ2v) is 4.61. The Morgan fingerprint density at radius 2 is 2.06 bits per heavy atom. The number of alkyl carbamates (subject to hydrolysis) is 1. The summed E-state index contributed by atoms with van der Waals surface area (Å²) in [4.78, 5) is 11.3. The van der Waals surface area contributed by atoms with E-state index in [0.29, 0.717) is 19.4 Å². The van der Waals surface area contributed by atoms with Gasteiger partial charge in [-0.2, -0.15) is 0 Å². The molecular weight excluding hydrogens is 210 g/mol. The maximum absolute atomic E-state index is 11.3. The molecule has 1 unspecified atom stereocenters. The largest absolute Gasteiger partial charge is 0.444 e. The van der Waals surface area contributed by atoms with Crippen molar-refractivity contribution in [2.75, 3.05) is 20.3 Å². The van der Waals surface area contributed by atoms with Gasteiger partial charge in [0, 0.05) is 20.3 Å². The fourth-order valence-electron chi connectivity index (χ4n) is 1.13. The predicted octanol–water partition coefficient (Wildman–Crippen LogP) is 1.30. The lowest BCUT2D eigenvalue weighted by molar-refractivity contribution is 0.0439. The lowest BCUT2D eigenvalue weighted by Crippen LogP contribution is -2.37. The van der Waals surface area contributed by atoms with Crippen LogP contribution in [0.25, 0.3) is 0 Å². The normalized spacial score (nSPS) is 13.3. The third-order valence-electron chi connectivity index (χ3n) is 1.89. The van der Waals surface area contributed by atoms with Gasteiger partial charge in [-0.3, -0.25) is 0 Å². The zero-order valence-corrected chi connectivity index (χ0v) is 10.6. The van der Waals surface area contributed by atoms with E-state index in [0.717, 1.165) is 0 Å². The van der Waals surface area contributed by atoms with Gasteiger partial charge in [-0.25, -0.2) is 4.79 Å². The molecule has 5 heteroatoms. The van der Waals surface area contributed by atoms with Crippen LogP contribution in [0.3, 0.4) is 0 Å². The van der Waals surface area contributed by atoms with Gasteiger partial charge in [-0.05, 0) is 33.6 Å². The monoisotopic (exact) mass is 233 g/mol. The van der Waals surface area contributed by atoms with Crippen molar-refractivity contribution in [3.63, 3.8) is 0 Å². The molecular formula is C11H23NO4. The van der Waals surface area contributed by atoms with Gasteiger partial charge in [-0.1, -0.05) is 0 Å². The quantitative estimate of drug-likeness (QED) is 0.725. The molecule has 0 aromatic heterocycles. The summed E-state index contributed by atoms with van der Waals surface area (Å²) >= 11 is 0. The Labute approximate surface area is 97.1 Å². The summed E-state index contributed by atoms with van der Waals surface area (Å²) in [5.41, 5.74) is -0.488.